The fraction of sp³-hybridized carbons (Fsp3) is 0.647. The van der Waals surface area contributed by atoms with Crippen molar-refractivity contribution < 1.29 is 14.6 Å². The Kier molecular flexibility index (Phi) is 8.55. The normalized spacial score (nSPS) is 12.2. The predicted molar refractivity (Wildman–Crippen MR) is 87.5 cm³/mol. The second-order valence-electron chi connectivity index (χ2n) is 5.28. The molecule has 0 aliphatic rings. The van der Waals surface area contributed by atoms with Gasteiger partial charge in [0.15, 0.2) is 11.5 Å². The molecule has 0 heterocycles. The zero-order valence-electron chi connectivity index (χ0n) is 13.3. The molecule has 1 atom stereocenters. The van der Waals surface area contributed by atoms with Crippen LogP contribution in [-0.2, 0) is 0 Å². The van der Waals surface area contributed by atoms with E-state index in [2.05, 4.69) is 6.92 Å². The molecule has 0 aromatic heterocycles. The second kappa shape index (κ2) is 9.91. The quantitative estimate of drug-likeness (QED) is 0.608. The first-order valence-corrected chi connectivity index (χ1v) is 8.11. The molecule has 1 N–H and O–H groups in total. The van der Waals surface area contributed by atoms with Gasteiger partial charge in [0, 0.05) is 5.56 Å². The van der Waals surface area contributed by atoms with E-state index in [0.717, 1.165) is 19.3 Å². The van der Waals surface area contributed by atoms with Crippen molar-refractivity contribution in [2.75, 3.05) is 14.2 Å². The lowest BCUT2D eigenvalue weighted by Crippen LogP contribution is -2.01. The molecule has 0 amide bonds. The lowest BCUT2D eigenvalue weighted by Gasteiger charge is -2.16. The maximum absolute atomic E-state index is 10.3. The highest BCUT2D eigenvalue weighted by molar-refractivity contribution is 6.33. The summed E-state index contributed by atoms with van der Waals surface area (Å²) in [4.78, 5) is 0. The summed E-state index contributed by atoms with van der Waals surface area (Å²) in [6, 6.07) is 3.59. The largest absolute Gasteiger partial charge is 0.493 e. The lowest BCUT2D eigenvalue weighted by atomic mass is 10.0. The van der Waals surface area contributed by atoms with E-state index in [0.29, 0.717) is 22.1 Å². The van der Waals surface area contributed by atoms with Gasteiger partial charge >= 0.3 is 0 Å². The smallest absolute Gasteiger partial charge is 0.179 e. The molecule has 0 fully saturated rings. The number of aliphatic hydroxyl groups excluding tert-OH is 1. The van der Waals surface area contributed by atoms with E-state index in [1.807, 2.05) is 6.07 Å². The summed E-state index contributed by atoms with van der Waals surface area (Å²) in [5.41, 5.74) is 0.711. The summed E-state index contributed by atoms with van der Waals surface area (Å²) in [5.74, 6) is 1.07. The van der Waals surface area contributed by atoms with Crippen molar-refractivity contribution in [3.63, 3.8) is 0 Å². The van der Waals surface area contributed by atoms with Crippen molar-refractivity contribution >= 4 is 11.6 Å². The Bertz CT molecular complexity index is 421. The van der Waals surface area contributed by atoms with Crippen LogP contribution in [0.25, 0.3) is 0 Å². The highest BCUT2D eigenvalue weighted by atomic mass is 35.5. The van der Waals surface area contributed by atoms with Crippen LogP contribution < -0.4 is 9.47 Å². The van der Waals surface area contributed by atoms with Gasteiger partial charge in [-0.2, -0.15) is 0 Å². The molecule has 0 aliphatic carbocycles. The summed E-state index contributed by atoms with van der Waals surface area (Å²) in [5, 5.41) is 10.7. The number of hydrogen-bond acceptors (Lipinski definition) is 3. The van der Waals surface area contributed by atoms with E-state index < -0.39 is 6.10 Å². The van der Waals surface area contributed by atoms with Gasteiger partial charge in [0.1, 0.15) is 0 Å². The van der Waals surface area contributed by atoms with Crippen LogP contribution in [0.2, 0.25) is 5.02 Å². The van der Waals surface area contributed by atoms with Crippen molar-refractivity contribution in [1.82, 2.24) is 0 Å². The van der Waals surface area contributed by atoms with Gasteiger partial charge in [-0.05, 0) is 12.5 Å². The third kappa shape index (κ3) is 5.40. The third-order valence-electron chi connectivity index (χ3n) is 3.71. The van der Waals surface area contributed by atoms with Gasteiger partial charge in [-0.25, -0.2) is 0 Å². The maximum atomic E-state index is 10.3. The van der Waals surface area contributed by atoms with Crippen LogP contribution in [0.15, 0.2) is 12.1 Å². The van der Waals surface area contributed by atoms with E-state index in [-0.39, 0.29) is 0 Å². The molecule has 21 heavy (non-hydrogen) atoms. The highest BCUT2D eigenvalue weighted by Crippen LogP contribution is 2.40. The molecule has 0 radical (unpaired) electrons. The number of aliphatic hydroxyl groups is 1. The summed E-state index contributed by atoms with van der Waals surface area (Å²) in [6.07, 6.45) is 7.40. The SMILES string of the molecule is CCCCCCCCC(O)c1ccc(OC)c(OC)c1Cl. The Balaban J connectivity index is 2.56. The van der Waals surface area contributed by atoms with Gasteiger partial charge in [-0.1, -0.05) is 63.1 Å². The topological polar surface area (TPSA) is 38.7 Å². The average molecular weight is 315 g/mol. The monoisotopic (exact) mass is 314 g/mol. The first-order chi connectivity index (χ1) is 10.2. The van der Waals surface area contributed by atoms with Crippen LogP contribution in [0.1, 0.15) is 63.5 Å². The number of benzene rings is 1. The molecule has 0 spiro atoms. The molecule has 0 saturated carbocycles. The highest BCUT2D eigenvalue weighted by Gasteiger charge is 2.18. The van der Waals surface area contributed by atoms with Crippen LogP contribution in [-0.4, -0.2) is 19.3 Å². The molecule has 1 rings (SSSR count). The van der Waals surface area contributed by atoms with Crippen LogP contribution in [0.4, 0.5) is 0 Å². The molecule has 120 valence electrons. The number of unbranched alkanes of at least 4 members (excludes halogenated alkanes) is 5. The van der Waals surface area contributed by atoms with Crippen molar-refractivity contribution in [1.29, 1.82) is 0 Å². The molecule has 0 aliphatic heterocycles. The maximum Gasteiger partial charge on any atom is 0.179 e. The van der Waals surface area contributed by atoms with Crippen LogP contribution in [0.3, 0.4) is 0 Å². The number of halogens is 1. The summed E-state index contributed by atoms with van der Waals surface area (Å²) in [7, 11) is 3.12. The standard InChI is InChI=1S/C17H27ClO3/c1-4-5-6-7-8-9-10-14(19)13-11-12-15(20-2)17(21-3)16(13)18/h11-12,14,19H,4-10H2,1-3H3. The fourth-order valence-corrected chi connectivity index (χ4v) is 2.79. The van der Waals surface area contributed by atoms with Crippen LogP contribution in [0.5, 0.6) is 11.5 Å². The van der Waals surface area contributed by atoms with Gasteiger partial charge in [0.2, 0.25) is 0 Å². The number of ether oxygens (including phenoxy) is 2. The lowest BCUT2D eigenvalue weighted by molar-refractivity contribution is 0.163. The Hall–Kier alpha value is -0.930. The Morgan fingerprint density at radius 1 is 1.05 bits per heavy atom. The van der Waals surface area contributed by atoms with Crippen molar-refractivity contribution in [3.05, 3.63) is 22.7 Å². The first kappa shape index (κ1) is 18.1. The van der Waals surface area contributed by atoms with Crippen molar-refractivity contribution in [2.24, 2.45) is 0 Å². The van der Waals surface area contributed by atoms with Crippen molar-refractivity contribution in [2.45, 2.75) is 58.0 Å². The fourth-order valence-electron chi connectivity index (χ4n) is 2.44. The van der Waals surface area contributed by atoms with Gasteiger partial charge in [0.05, 0.1) is 25.3 Å². The molecule has 3 nitrogen and oxygen atoms in total. The second-order valence-corrected chi connectivity index (χ2v) is 5.65. The van der Waals surface area contributed by atoms with E-state index in [1.165, 1.54) is 25.7 Å². The van der Waals surface area contributed by atoms with E-state index in [1.54, 1.807) is 20.3 Å². The first-order valence-electron chi connectivity index (χ1n) is 7.74. The molecule has 0 saturated heterocycles. The van der Waals surface area contributed by atoms with Crippen LogP contribution in [0, 0.1) is 0 Å². The van der Waals surface area contributed by atoms with E-state index >= 15 is 0 Å². The van der Waals surface area contributed by atoms with Crippen molar-refractivity contribution in [3.8, 4) is 11.5 Å². The Morgan fingerprint density at radius 2 is 1.71 bits per heavy atom. The molecular weight excluding hydrogens is 288 g/mol. The van der Waals surface area contributed by atoms with Gasteiger partial charge in [-0.15, -0.1) is 0 Å². The predicted octanol–water partition coefficient (Wildman–Crippen LogP) is 5.14. The zero-order valence-corrected chi connectivity index (χ0v) is 14.1. The zero-order chi connectivity index (χ0) is 15.7. The molecule has 1 aromatic rings. The van der Waals surface area contributed by atoms with Gasteiger partial charge in [0.25, 0.3) is 0 Å². The number of rotatable bonds is 10. The Labute approximate surface area is 133 Å². The van der Waals surface area contributed by atoms with Gasteiger partial charge in [-0.3, -0.25) is 0 Å². The third-order valence-corrected chi connectivity index (χ3v) is 4.09. The summed E-state index contributed by atoms with van der Waals surface area (Å²) >= 11 is 6.30. The Morgan fingerprint density at radius 3 is 2.33 bits per heavy atom. The van der Waals surface area contributed by atoms with Gasteiger partial charge < -0.3 is 14.6 Å². The molecular formula is C17H27ClO3. The summed E-state index contributed by atoms with van der Waals surface area (Å²) in [6.45, 7) is 2.21. The summed E-state index contributed by atoms with van der Waals surface area (Å²) < 4.78 is 10.5. The van der Waals surface area contributed by atoms with E-state index in [4.69, 9.17) is 21.1 Å². The number of methoxy groups -OCH3 is 2. The minimum absolute atomic E-state index is 0.440. The molecule has 1 aromatic carbocycles. The molecule has 1 unspecified atom stereocenters. The minimum Gasteiger partial charge on any atom is -0.493 e. The molecule has 0 bridgehead atoms. The van der Waals surface area contributed by atoms with E-state index in [9.17, 15) is 5.11 Å². The number of hydrogen-bond donors (Lipinski definition) is 1. The van der Waals surface area contributed by atoms with Crippen LogP contribution >= 0.6 is 11.6 Å². The minimum atomic E-state index is -0.552. The average Bonchev–Trinajstić information content (AvgIpc) is 2.50. The molecule has 4 heteroatoms.